The van der Waals surface area contributed by atoms with Gasteiger partial charge in [-0.2, -0.15) is 0 Å². The summed E-state index contributed by atoms with van der Waals surface area (Å²) in [5.41, 5.74) is 0. The first-order valence-corrected chi connectivity index (χ1v) is 9.03. The molecule has 4 atom stereocenters. The van der Waals surface area contributed by atoms with Crippen molar-refractivity contribution in [1.82, 2.24) is 0 Å². The lowest BCUT2D eigenvalue weighted by Crippen LogP contribution is -2.25. The molecule has 2 fully saturated rings. The Kier molecular flexibility index (Phi) is 6.83. The summed E-state index contributed by atoms with van der Waals surface area (Å²) < 4.78 is 0. The molecule has 0 aliphatic heterocycles. The highest BCUT2D eigenvalue weighted by Gasteiger charge is 2.27. The van der Waals surface area contributed by atoms with Crippen LogP contribution in [-0.4, -0.2) is 22.4 Å². The van der Waals surface area contributed by atoms with Crippen molar-refractivity contribution in [1.29, 1.82) is 0 Å². The molecule has 0 aromatic rings. The van der Waals surface area contributed by atoms with E-state index in [1.165, 1.54) is 51.4 Å². The Bertz CT molecular complexity index is 242. The second-order valence-corrected chi connectivity index (χ2v) is 7.50. The van der Waals surface area contributed by atoms with Gasteiger partial charge in [0, 0.05) is 0 Å². The Balaban J connectivity index is 1.79. The van der Waals surface area contributed by atoms with Gasteiger partial charge in [-0.1, -0.05) is 45.4 Å². The Morgan fingerprint density at radius 3 is 1.75 bits per heavy atom. The first-order valence-electron chi connectivity index (χ1n) is 9.03. The van der Waals surface area contributed by atoms with E-state index >= 15 is 0 Å². The van der Waals surface area contributed by atoms with E-state index in [-0.39, 0.29) is 12.2 Å². The van der Waals surface area contributed by atoms with Gasteiger partial charge in [-0.15, -0.1) is 0 Å². The number of rotatable bonds is 6. The monoisotopic (exact) mass is 282 g/mol. The van der Waals surface area contributed by atoms with Crippen LogP contribution in [0.2, 0.25) is 0 Å². The SMILES string of the molecule is CCCC(CC1CCCC(O)C1)CC1CCCC(O)C1. The van der Waals surface area contributed by atoms with Gasteiger partial charge in [0.25, 0.3) is 0 Å². The third-order valence-corrected chi connectivity index (χ3v) is 5.54. The second-order valence-electron chi connectivity index (χ2n) is 7.50. The number of aliphatic hydroxyl groups is 2. The summed E-state index contributed by atoms with van der Waals surface area (Å²) in [6.07, 6.45) is 14.4. The number of hydrogen-bond donors (Lipinski definition) is 2. The summed E-state index contributed by atoms with van der Waals surface area (Å²) >= 11 is 0. The highest BCUT2D eigenvalue weighted by atomic mass is 16.3. The highest BCUT2D eigenvalue weighted by molar-refractivity contribution is 4.79. The van der Waals surface area contributed by atoms with Crippen LogP contribution in [0.15, 0.2) is 0 Å². The number of aliphatic hydroxyl groups excluding tert-OH is 2. The van der Waals surface area contributed by atoms with Crippen molar-refractivity contribution in [3.8, 4) is 0 Å². The lowest BCUT2D eigenvalue weighted by Gasteiger charge is -2.33. The fourth-order valence-corrected chi connectivity index (χ4v) is 4.64. The molecule has 0 amide bonds. The molecule has 118 valence electrons. The van der Waals surface area contributed by atoms with E-state index in [1.54, 1.807) is 0 Å². The molecule has 2 aliphatic carbocycles. The smallest absolute Gasteiger partial charge is 0.0542 e. The molecule has 20 heavy (non-hydrogen) atoms. The van der Waals surface area contributed by atoms with Crippen molar-refractivity contribution in [2.75, 3.05) is 0 Å². The molecule has 0 radical (unpaired) electrons. The summed E-state index contributed by atoms with van der Waals surface area (Å²) in [4.78, 5) is 0. The molecule has 2 aliphatic rings. The molecule has 0 heterocycles. The Labute approximate surface area is 125 Å². The van der Waals surface area contributed by atoms with Gasteiger partial charge < -0.3 is 10.2 Å². The summed E-state index contributed by atoms with van der Waals surface area (Å²) in [5.74, 6) is 2.33. The maximum Gasteiger partial charge on any atom is 0.0542 e. The van der Waals surface area contributed by atoms with Crippen molar-refractivity contribution in [3.05, 3.63) is 0 Å². The van der Waals surface area contributed by atoms with Crippen molar-refractivity contribution in [3.63, 3.8) is 0 Å². The van der Waals surface area contributed by atoms with Crippen LogP contribution in [-0.2, 0) is 0 Å². The predicted octanol–water partition coefficient (Wildman–Crippen LogP) is 4.29. The van der Waals surface area contributed by atoms with Gasteiger partial charge in [0.15, 0.2) is 0 Å². The van der Waals surface area contributed by atoms with E-state index < -0.39 is 0 Å². The third-order valence-electron chi connectivity index (χ3n) is 5.54. The molecule has 4 unspecified atom stereocenters. The first kappa shape index (κ1) is 16.3. The average Bonchev–Trinajstić information content (AvgIpc) is 2.39. The molecular formula is C18H34O2. The minimum absolute atomic E-state index is 0.0347. The van der Waals surface area contributed by atoms with Crippen LogP contribution in [0.4, 0.5) is 0 Å². The molecular weight excluding hydrogens is 248 g/mol. The van der Waals surface area contributed by atoms with Crippen LogP contribution in [0.5, 0.6) is 0 Å². The van der Waals surface area contributed by atoms with Crippen LogP contribution in [0.25, 0.3) is 0 Å². The number of hydrogen-bond acceptors (Lipinski definition) is 2. The minimum atomic E-state index is -0.0347. The maximum atomic E-state index is 9.85. The van der Waals surface area contributed by atoms with Crippen LogP contribution in [0.1, 0.15) is 84.0 Å². The Hall–Kier alpha value is -0.0800. The van der Waals surface area contributed by atoms with Crippen LogP contribution in [0, 0.1) is 17.8 Å². The van der Waals surface area contributed by atoms with E-state index in [9.17, 15) is 10.2 Å². The molecule has 2 rings (SSSR count). The summed E-state index contributed by atoms with van der Waals surface area (Å²) in [7, 11) is 0. The van der Waals surface area contributed by atoms with E-state index in [0.717, 1.165) is 43.4 Å². The standard InChI is InChI=1S/C18H34O2/c1-2-5-14(10-15-6-3-8-17(19)12-15)11-16-7-4-9-18(20)13-16/h14-20H,2-13H2,1H3. The molecule has 2 saturated carbocycles. The lowest BCUT2D eigenvalue weighted by molar-refractivity contribution is 0.0763. The average molecular weight is 282 g/mol. The van der Waals surface area contributed by atoms with E-state index in [1.807, 2.05) is 0 Å². The lowest BCUT2D eigenvalue weighted by atomic mass is 9.75. The fourth-order valence-electron chi connectivity index (χ4n) is 4.64. The van der Waals surface area contributed by atoms with Gasteiger partial charge in [-0.05, 0) is 56.3 Å². The summed E-state index contributed by atoms with van der Waals surface area (Å²) in [6, 6.07) is 0. The quantitative estimate of drug-likeness (QED) is 0.763. The zero-order valence-corrected chi connectivity index (χ0v) is 13.3. The van der Waals surface area contributed by atoms with E-state index in [2.05, 4.69) is 6.92 Å². The van der Waals surface area contributed by atoms with E-state index in [4.69, 9.17) is 0 Å². The van der Waals surface area contributed by atoms with Gasteiger partial charge in [-0.3, -0.25) is 0 Å². The molecule has 0 spiro atoms. The molecule has 2 nitrogen and oxygen atoms in total. The van der Waals surface area contributed by atoms with Gasteiger partial charge in [0.1, 0.15) is 0 Å². The van der Waals surface area contributed by atoms with Gasteiger partial charge in [0.05, 0.1) is 12.2 Å². The normalized spacial score (nSPS) is 36.8. The predicted molar refractivity (Wildman–Crippen MR) is 83.6 cm³/mol. The zero-order chi connectivity index (χ0) is 14.4. The van der Waals surface area contributed by atoms with Crippen molar-refractivity contribution in [2.24, 2.45) is 17.8 Å². The van der Waals surface area contributed by atoms with Crippen LogP contribution >= 0.6 is 0 Å². The second kappa shape index (κ2) is 8.38. The molecule has 0 aromatic carbocycles. The van der Waals surface area contributed by atoms with Gasteiger partial charge in [-0.25, -0.2) is 0 Å². The largest absolute Gasteiger partial charge is 0.393 e. The zero-order valence-electron chi connectivity index (χ0n) is 13.3. The van der Waals surface area contributed by atoms with Gasteiger partial charge in [0.2, 0.25) is 0 Å². The molecule has 2 N–H and O–H groups in total. The van der Waals surface area contributed by atoms with Crippen LogP contribution < -0.4 is 0 Å². The maximum absolute atomic E-state index is 9.85. The Morgan fingerprint density at radius 1 is 0.850 bits per heavy atom. The van der Waals surface area contributed by atoms with E-state index in [0.29, 0.717) is 0 Å². The molecule has 0 aromatic heterocycles. The molecule has 0 bridgehead atoms. The van der Waals surface area contributed by atoms with Crippen LogP contribution in [0.3, 0.4) is 0 Å². The van der Waals surface area contributed by atoms with Crippen molar-refractivity contribution in [2.45, 2.75) is 96.2 Å². The molecule has 0 saturated heterocycles. The van der Waals surface area contributed by atoms with Crippen molar-refractivity contribution >= 4 is 0 Å². The topological polar surface area (TPSA) is 40.5 Å². The fraction of sp³-hybridized carbons (Fsp3) is 1.00. The first-order chi connectivity index (χ1) is 9.67. The molecule has 2 heteroatoms. The minimum Gasteiger partial charge on any atom is -0.393 e. The summed E-state index contributed by atoms with van der Waals surface area (Å²) in [6.45, 7) is 2.29. The van der Waals surface area contributed by atoms with Crippen molar-refractivity contribution < 1.29 is 10.2 Å². The van der Waals surface area contributed by atoms with Gasteiger partial charge >= 0.3 is 0 Å². The highest BCUT2D eigenvalue weighted by Crippen LogP contribution is 2.36. The summed E-state index contributed by atoms with van der Waals surface area (Å²) in [5, 5.41) is 19.7. The third kappa shape index (κ3) is 5.37. The Morgan fingerprint density at radius 2 is 1.35 bits per heavy atom.